The van der Waals surface area contributed by atoms with Crippen LogP contribution in [0.2, 0.25) is 0 Å². The topological polar surface area (TPSA) is 39.1 Å². The zero-order valence-corrected chi connectivity index (χ0v) is 10.5. The Balaban J connectivity index is 2.30. The molecule has 0 spiro atoms. The van der Waals surface area contributed by atoms with Gasteiger partial charge in [0.1, 0.15) is 0 Å². The normalized spacial score (nSPS) is 10.3. The second-order valence-corrected chi connectivity index (χ2v) is 4.38. The average molecular weight is 241 g/mol. The Bertz CT molecular complexity index is 641. The van der Waals surface area contributed by atoms with E-state index in [1.54, 1.807) is 12.1 Å². The maximum atomic E-state index is 12.1. The molecular formula is C15H15NO2. The highest BCUT2D eigenvalue weighted by Crippen LogP contribution is 2.06. The van der Waals surface area contributed by atoms with Crippen molar-refractivity contribution in [3.63, 3.8) is 0 Å². The number of rotatable bonds is 3. The highest BCUT2D eigenvalue weighted by molar-refractivity contribution is 5.96. The van der Waals surface area contributed by atoms with Crippen LogP contribution < -0.4 is 5.56 Å². The summed E-state index contributed by atoms with van der Waals surface area (Å²) in [6.45, 7) is 3.86. The van der Waals surface area contributed by atoms with Gasteiger partial charge in [-0.05, 0) is 26.0 Å². The van der Waals surface area contributed by atoms with E-state index in [0.717, 1.165) is 11.3 Å². The van der Waals surface area contributed by atoms with Crippen LogP contribution in [0.5, 0.6) is 0 Å². The standard InChI is InChI=1S/C15H15NO2/c1-11-5-3-7-13(9-11)14(17)10-16-12(2)6-4-8-15(16)18/h3-9H,10H2,1-2H3. The minimum Gasteiger partial charge on any atom is -0.305 e. The van der Waals surface area contributed by atoms with Gasteiger partial charge >= 0.3 is 0 Å². The molecule has 3 nitrogen and oxygen atoms in total. The fraction of sp³-hybridized carbons (Fsp3) is 0.200. The van der Waals surface area contributed by atoms with Crippen LogP contribution >= 0.6 is 0 Å². The third-order valence-corrected chi connectivity index (χ3v) is 2.91. The van der Waals surface area contributed by atoms with Crippen molar-refractivity contribution in [3.8, 4) is 0 Å². The van der Waals surface area contributed by atoms with Gasteiger partial charge in [0.05, 0.1) is 6.54 Å². The molecule has 0 aliphatic heterocycles. The van der Waals surface area contributed by atoms with E-state index in [-0.39, 0.29) is 17.9 Å². The Labute approximate surface area is 106 Å². The van der Waals surface area contributed by atoms with Crippen LogP contribution in [0.1, 0.15) is 21.6 Å². The first-order chi connectivity index (χ1) is 8.58. The lowest BCUT2D eigenvalue weighted by atomic mass is 10.1. The quantitative estimate of drug-likeness (QED) is 0.774. The summed E-state index contributed by atoms with van der Waals surface area (Å²) in [5.41, 5.74) is 2.34. The third kappa shape index (κ3) is 2.56. The third-order valence-electron chi connectivity index (χ3n) is 2.91. The molecule has 0 aliphatic carbocycles. The van der Waals surface area contributed by atoms with Crippen molar-refractivity contribution in [1.29, 1.82) is 0 Å². The second-order valence-electron chi connectivity index (χ2n) is 4.38. The molecule has 0 N–H and O–H groups in total. The van der Waals surface area contributed by atoms with Crippen molar-refractivity contribution < 1.29 is 4.79 Å². The summed E-state index contributed by atoms with van der Waals surface area (Å²) < 4.78 is 1.49. The van der Waals surface area contributed by atoms with Crippen molar-refractivity contribution >= 4 is 5.78 Å². The van der Waals surface area contributed by atoms with E-state index >= 15 is 0 Å². The molecule has 0 saturated heterocycles. The monoisotopic (exact) mass is 241 g/mol. The van der Waals surface area contributed by atoms with Gasteiger partial charge in [0.2, 0.25) is 0 Å². The summed E-state index contributed by atoms with van der Waals surface area (Å²) in [5, 5.41) is 0. The van der Waals surface area contributed by atoms with Crippen molar-refractivity contribution in [2.45, 2.75) is 20.4 Å². The van der Waals surface area contributed by atoms with Gasteiger partial charge in [-0.3, -0.25) is 9.59 Å². The number of pyridine rings is 1. The van der Waals surface area contributed by atoms with Crippen molar-refractivity contribution in [2.75, 3.05) is 0 Å². The minimum atomic E-state index is -0.143. The molecule has 0 aliphatic rings. The first-order valence-electron chi connectivity index (χ1n) is 5.84. The number of nitrogens with zero attached hydrogens (tertiary/aromatic N) is 1. The van der Waals surface area contributed by atoms with Gasteiger partial charge in [-0.15, -0.1) is 0 Å². The molecule has 0 amide bonds. The van der Waals surface area contributed by atoms with E-state index in [2.05, 4.69) is 0 Å². The van der Waals surface area contributed by atoms with E-state index < -0.39 is 0 Å². The molecule has 0 atom stereocenters. The number of hydrogen-bond acceptors (Lipinski definition) is 2. The summed E-state index contributed by atoms with van der Waals surface area (Å²) in [5.74, 6) is -0.0462. The van der Waals surface area contributed by atoms with E-state index in [1.165, 1.54) is 10.6 Å². The van der Waals surface area contributed by atoms with Crippen molar-refractivity contribution in [2.24, 2.45) is 0 Å². The largest absolute Gasteiger partial charge is 0.305 e. The number of aromatic nitrogens is 1. The minimum absolute atomic E-state index is 0.0462. The molecule has 92 valence electrons. The van der Waals surface area contributed by atoms with Gasteiger partial charge in [-0.25, -0.2) is 0 Å². The number of benzene rings is 1. The first kappa shape index (κ1) is 12.3. The lowest BCUT2D eigenvalue weighted by molar-refractivity contribution is 0.0970. The molecule has 0 unspecified atom stereocenters. The van der Waals surface area contributed by atoms with E-state index in [0.29, 0.717) is 5.56 Å². The summed E-state index contributed by atoms with van der Waals surface area (Å²) in [6, 6.07) is 12.4. The Morgan fingerprint density at radius 3 is 2.50 bits per heavy atom. The van der Waals surface area contributed by atoms with E-state index in [4.69, 9.17) is 0 Å². The van der Waals surface area contributed by atoms with Crippen molar-refractivity contribution in [3.05, 3.63) is 69.6 Å². The van der Waals surface area contributed by atoms with Crippen LogP contribution in [-0.2, 0) is 6.54 Å². The number of aryl methyl sites for hydroxylation is 2. The number of hydrogen-bond donors (Lipinski definition) is 0. The van der Waals surface area contributed by atoms with Crippen LogP contribution in [0.25, 0.3) is 0 Å². The van der Waals surface area contributed by atoms with Crippen LogP contribution in [0.4, 0.5) is 0 Å². The van der Waals surface area contributed by atoms with Gasteiger partial charge in [-0.2, -0.15) is 0 Å². The lowest BCUT2D eigenvalue weighted by Crippen LogP contribution is -2.25. The van der Waals surface area contributed by atoms with Crippen molar-refractivity contribution in [1.82, 2.24) is 4.57 Å². The molecule has 1 aromatic carbocycles. The van der Waals surface area contributed by atoms with Crippen LogP contribution in [-0.4, -0.2) is 10.4 Å². The average Bonchev–Trinajstić information content (AvgIpc) is 2.34. The fourth-order valence-corrected chi connectivity index (χ4v) is 1.88. The maximum Gasteiger partial charge on any atom is 0.251 e. The number of ketones is 1. The summed E-state index contributed by atoms with van der Waals surface area (Å²) in [4.78, 5) is 23.8. The molecule has 0 saturated carbocycles. The number of carbonyl (C=O) groups is 1. The molecule has 2 rings (SSSR count). The van der Waals surface area contributed by atoms with Gasteiger partial charge in [-0.1, -0.05) is 29.8 Å². The molecule has 0 fully saturated rings. The summed E-state index contributed by atoms with van der Waals surface area (Å²) in [6.07, 6.45) is 0. The van der Waals surface area contributed by atoms with E-state index in [9.17, 15) is 9.59 Å². The molecule has 1 aromatic heterocycles. The molecule has 2 aromatic rings. The smallest absolute Gasteiger partial charge is 0.251 e. The lowest BCUT2D eigenvalue weighted by Gasteiger charge is -2.08. The number of Topliss-reactive ketones (excluding diaryl/α,β-unsaturated/α-hetero) is 1. The molecule has 18 heavy (non-hydrogen) atoms. The first-order valence-corrected chi connectivity index (χ1v) is 5.84. The predicted molar refractivity (Wildman–Crippen MR) is 70.9 cm³/mol. The van der Waals surface area contributed by atoms with Crippen LogP contribution in [0.3, 0.4) is 0 Å². The zero-order valence-electron chi connectivity index (χ0n) is 10.5. The predicted octanol–water partition coefficient (Wildman–Crippen LogP) is 2.35. The highest BCUT2D eigenvalue weighted by atomic mass is 16.1. The summed E-state index contributed by atoms with van der Waals surface area (Å²) in [7, 11) is 0. The molecule has 1 heterocycles. The fourth-order valence-electron chi connectivity index (χ4n) is 1.88. The summed E-state index contributed by atoms with van der Waals surface area (Å²) >= 11 is 0. The number of carbonyl (C=O) groups excluding carboxylic acids is 1. The Morgan fingerprint density at radius 1 is 1.11 bits per heavy atom. The van der Waals surface area contributed by atoms with Gasteiger partial charge in [0.15, 0.2) is 5.78 Å². The molecule has 3 heteroatoms. The van der Waals surface area contributed by atoms with Gasteiger partial charge in [0.25, 0.3) is 5.56 Å². The highest BCUT2D eigenvalue weighted by Gasteiger charge is 2.09. The Kier molecular flexibility index (Phi) is 3.42. The van der Waals surface area contributed by atoms with Gasteiger partial charge < -0.3 is 4.57 Å². The van der Waals surface area contributed by atoms with Crippen LogP contribution in [0.15, 0.2) is 47.3 Å². The maximum absolute atomic E-state index is 12.1. The van der Waals surface area contributed by atoms with E-state index in [1.807, 2.05) is 38.1 Å². The zero-order chi connectivity index (χ0) is 13.1. The second kappa shape index (κ2) is 5.00. The Morgan fingerprint density at radius 2 is 1.83 bits per heavy atom. The van der Waals surface area contributed by atoms with Gasteiger partial charge in [0, 0.05) is 17.3 Å². The Hall–Kier alpha value is -2.16. The molecular weight excluding hydrogens is 226 g/mol. The SMILES string of the molecule is Cc1cccc(C(=O)Cn2c(C)cccc2=O)c1. The molecule has 0 bridgehead atoms. The molecule has 0 radical (unpaired) electrons. The van der Waals surface area contributed by atoms with Crippen LogP contribution in [0, 0.1) is 13.8 Å².